The third-order valence-electron chi connectivity index (χ3n) is 8.92. The van der Waals surface area contributed by atoms with Gasteiger partial charge in [0.05, 0.1) is 28.6 Å². The first-order valence-electron chi connectivity index (χ1n) is 14.8. The first-order chi connectivity index (χ1) is 21.4. The van der Waals surface area contributed by atoms with Crippen LogP contribution in [0.15, 0.2) is 87.5 Å². The molecule has 46 heavy (non-hydrogen) atoms. The second-order valence-electron chi connectivity index (χ2n) is 12.7. The standard InChI is InChI=1S/C20H12F6IS.C14H20F2O2/c21-19(22,23)13-1-7-16(8-2-13)28(18-11-5-15(27)6-12-18)17-9-3-14(4-10-17)20(24,25)26;1-13(15,16)12(17)18-8-14-5-9-2-10(6-14)4-11(3-9)7-14/h1-12H;9-11H,2-8H2,1H3/q+1;. The van der Waals surface area contributed by atoms with Gasteiger partial charge in [0.1, 0.15) is 0 Å². The van der Waals surface area contributed by atoms with Gasteiger partial charge in [0, 0.05) is 15.9 Å². The Balaban J connectivity index is 0.000000198. The number of ether oxygens (including phenoxy) is 1. The smallest absolute Gasteiger partial charge is 0.416 e. The first kappa shape index (κ1) is 35.0. The summed E-state index contributed by atoms with van der Waals surface area (Å²) in [4.78, 5) is 13.2. The molecule has 4 saturated carbocycles. The molecular weight excluding hydrogens is 751 g/mol. The fraction of sp³-hybridized carbons (Fsp3) is 0.441. The highest BCUT2D eigenvalue weighted by Crippen LogP contribution is 2.60. The fourth-order valence-corrected chi connectivity index (χ4v) is 9.75. The number of benzene rings is 3. The van der Waals surface area contributed by atoms with E-state index in [1.807, 2.05) is 24.3 Å². The zero-order valence-electron chi connectivity index (χ0n) is 24.7. The van der Waals surface area contributed by atoms with E-state index >= 15 is 0 Å². The molecule has 12 heteroatoms. The second kappa shape index (κ2) is 13.3. The van der Waals surface area contributed by atoms with Gasteiger partial charge in [0.2, 0.25) is 0 Å². The van der Waals surface area contributed by atoms with Gasteiger partial charge in [-0.25, -0.2) is 4.79 Å². The molecule has 0 radical (unpaired) electrons. The fourth-order valence-electron chi connectivity index (χ4n) is 7.35. The molecule has 4 fully saturated rings. The summed E-state index contributed by atoms with van der Waals surface area (Å²) in [6, 6.07) is 16.8. The molecule has 2 nitrogen and oxygen atoms in total. The molecule has 7 rings (SSSR count). The van der Waals surface area contributed by atoms with Gasteiger partial charge in [0.15, 0.2) is 14.7 Å². The SMILES string of the molecule is CC(F)(F)C(=O)OCC12CC3CC(CC(C3)C1)C2.FC(F)(F)c1ccc([S+](c2ccc(I)cc2)c2ccc(C(F)(F)F)cc2)cc1. The van der Waals surface area contributed by atoms with Crippen LogP contribution in [0.4, 0.5) is 35.1 Å². The second-order valence-corrected chi connectivity index (χ2v) is 16.0. The van der Waals surface area contributed by atoms with Crippen molar-refractivity contribution >= 4 is 39.5 Å². The highest BCUT2D eigenvalue weighted by molar-refractivity contribution is 14.1. The van der Waals surface area contributed by atoms with Gasteiger partial charge in [-0.3, -0.25) is 0 Å². The Bertz CT molecular complexity index is 1400. The Morgan fingerprint density at radius 1 is 0.696 bits per heavy atom. The van der Waals surface area contributed by atoms with Gasteiger partial charge in [-0.1, -0.05) is 0 Å². The molecule has 0 saturated heterocycles. The van der Waals surface area contributed by atoms with E-state index in [1.54, 1.807) is 0 Å². The lowest BCUT2D eigenvalue weighted by atomic mass is 9.50. The van der Waals surface area contributed by atoms with E-state index < -0.39 is 46.3 Å². The van der Waals surface area contributed by atoms with Crippen molar-refractivity contribution in [1.82, 2.24) is 0 Å². The van der Waals surface area contributed by atoms with Crippen LogP contribution in [0.1, 0.15) is 56.6 Å². The van der Waals surface area contributed by atoms with Crippen molar-refractivity contribution in [3.63, 3.8) is 0 Å². The lowest BCUT2D eigenvalue weighted by Crippen LogP contribution is -2.49. The van der Waals surface area contributed by atoms with E-state index in [4.69, 9.17) is 4.74 Å². The van der Waals surface area contributed by atoms with Crippen molar-refractivity contribution in [2.45, 2.75) is 78.4 Å². The van der Waals surface area contributed by atoms with Crippen LogP contribution in [0, 0.1) is 26.7 Å². The Morgan fingerprint density at radius 2 is 1.04 bits per heavy atom. The molecule has 3 aromatic carbocycles. The summed E-state index contributed by atoms with van der Waals surface area (Å²) in [5, 5.41) is 0. The van der Waals surface area contributed by atoms with Crippen LogP contribution in [0.25, 0.3) is 0 Å². The summed E-state index contributed by atoms with van der Waals surface area (Å²) in [6.07, 6.45) is -1.78. The molecule has 0 spiro atoms. The maximum atomic E-state index is 12.9. The normalized spacial score (nSPS) is 24.0. The summed E-state index contributed by atoms with van der Waals surface area (Å²) < 4.78 is 109. The van der Waals surface area contributed by atoms with Gasteiger partial charge in [-0.05, 0) is 152 Å². The molecular formula is C34H32F8IO2S+. The van der Waals surface area contributed by atoms with Crippen molar-refractivity contribution in [1.29, 1.82) is 0 Å². The maximum Gasteiger partial charge on any atom is 0.416 e. The predicted molar refractivity (Wildman–Crippen MR) is 166 cm³/mol. The van der Waals surface area contributed by atoms with E-state index in [2.05, 4.69) is 22.6 Å². The molecule has 0 aliphatic heterocycles. The number of rotatable bonds is 6. The molecule has 248 valence electrons. The van der Waals surface area contributed by atoms with Crippen LogP contribution in [0.2, 0.25) is 0 Å². The van der Waals surface area contributed by atoms with Crippen LogP contribution in [-0.2, 0) is 32.8 Å². The first-order valence-corrected chi connectivity index (χ1v) is 17.1. The van der Waals surface area contributed by atoms with Crippen molar-refractivity contribution in [2.75, 3.05) is 6.61 Å². The zero-order chi connectivity index (χ0) is 33.5. The zero-order valence-corrected chi connectivity index (χ0v) is 27.7. The van der Waals surface area contributed by atoms with Gasteiger partial charge >= 0.3 is 24.2 Å². The number of carbonyl (C=O) groups is 1. The minimum atomic E-state index is -4.45. The Labute approximate surface area is 278 Å². The Hall–Kier alpha value is -2.35. The van der Waals surface area contributed by atoms with Crippen molar-refractivity contribution in [3.8, 4) is 0 Å². The van der Waals surface area contributed by atoms with Crippen molar-refractivity contribution < 1.29 is 44.7 Å². The molecule has 4 aliphatic carbocycles. The highest BCUT2D eigenvalue weighted by Gasteiger charge is 2.52. The van der Waals surface area contributed by atoms with E-state index in [-0.39, 0.29) is 12.0 Å². The van der Waals surface area contributed by atoms with Gasteiger partial charge in [0.25, 0.3) is 0 Å². The van der Waals surface area contributed by atoms with Gasteiger partial charge in [-0.15, -0.1) is 0 Å². The van der Waals surface area contributed by atoms with Crippen LogP contribution in [0.3, 0.4) is 0 Å². The molecule has 0 amide bonds. The van der Waals surface area contributed by atoms with E-state index in [9.17, 15) is 39.9 Å². The largest absolute Gasteiger partial charge is 0.461 e. The molecule has 0 unspecified atom stereocenters. The minimum Gasteiger partial charge on any atom is -0.461 e. The number of alkyl halides is 8. The lowest BCUT2D eigenvalue weighted by Gasteiger charge is -2.56. The van der Waals surface area contributed by atoms with Gasteiger partial charge in [-0.2, -0.15) is 35.1 Å². The number of halogens is 9. The molecule has 4 bridgehead atoms. The monoisotopic (exact) mass is 783 g/mol. The Kier molecular flexibility index (Phi) is 10.1. The molecule has 0 aromatic heterocycles. The summed E-state index contributed by atoms with van der Waals surface area (Å²) in [6.45, 7) is 0.813. The summed E-state index contributed by atoms with van der Waals surface area (Å²) in [7, 11) is -0.831. The minimum absolute atomic E-state index is 0.0235. The van der Waals surface area contributed by atoms with E-state index in [0.29, 0.717) is 16.7 Å². The molecule has 0 N–H and O–H groups in total. The van der Waals surface area contributed by atoms with Gasteiger partial charge < -0.3 is 4.74 Å². The quantitative estimate of drug-likeness (QED) is 0.108. The predicted octanol–water partition coefficient (Wildman–Crippen LogP) is 10.8. The molecule has 4 aliphatic rings. The number of esters is 1. The number of hydrogen-bond donors (Lipinski definition) is 0. The maximum absolute atomic E-state index is 12.9. The summed E-state index contributed by atoms with van der Waals surface area (Å²) in [5.41, 5.74) is -1.51. The lowest BCUT2D eigenvalue weighted by molar-refractivity contribution is -0.179. The molecule has 0 atom stereocenters. The van der Waals surface area contributed by atoms with Crippen LogP contribution in [0.5, 0.6) is 0 Å². The van der Waals surface area contributed by atoms with E-state index in [1.165, 1.54) is 43.5 Å². The summed E-state index contributed by atoms with van der Waals surface area (Å²) >= 11 is 2.13. The summed E-state index contributed by atoms with van der Waals surface area (Å²) in [5.74, 6) is -2.48. The average Bonchev–Trinajstić information content (AvgIpc) is 2.96. The van der Waals surface area contributed by atoms with Crippen LogP contribution >= 0.6 is 22.6 Å². The average molecular weight is 784 g/mol. The molecule has 0 heterocycles. The van der Waals surface area contributed by atoms with Crippen molar-refractivity contribution in [3.05, 3.63) is 87.5 Å². The third-order valence-corrected chi connectivity index (χ3v) is 11.9. The third kappa shape index (κ3) is 8.38. The number of carbonyl (C=O) groups excluding carboxylic acids is 1. The highest BCUT2D eigenvalue weighted by atomic mass is 127. The van der Waals surface area contributed by atoms with Crippen LogP contribution < -0.4 is 0 Å². The number of hydrogen-bond acceptors (Lipinski definition) is 2. The van der Waals surface area contributed by atoms with E-state index in [0.717, 1.165) is 69.7 Å². The van der Waals surface area contributed by atoms with Crippen LogP contribution in [-0.4, -0.2) is 18.5 Å². The molecule has 3 aromatic rings. The Morgan fingerprint density at radius 3 is 1.37 bits per heavy atom. The topological polar surface area (TPSA) is 26.3 Å². The van der Waals surface area contributed by atoms with Crippen molar-refractivity contribution in [2.24, 2.45) is 23.2 Å².